The number of nitrogens with one attached hydrogen (secondary N) is 1. The molecule has 1 aliphatic rings. The molecule has 0 aromatic heterocycles. The smallest absolute Gasteiger partial charge is 0.219 e. The van der Waals surface area contributed by atoms with Crippen molar-refractivity contribution < 1.29 is 9.53 Å². The van der Waals surface area contributed by atoms with E-state index in [-0.39, 0.29) is 11.9 Å². The van der Waals surface area contributed by atoms with Gasteiger partial charge in [-0.25, -0.2) is 0 Å². The SMILES string of the molecule is CNC(=O)CCCOc1ccc2c(c1)C(N)CCC2. The van der Waals surface area contributed by atoms with E-state index < -0.39 is 0 Å². The summed E-state index contributed by atoms with van der Waals surface area (Å²) in [6.45, 7) is 0.557. The van der Waals surface area contributed by atoms with Gasteiger partial charge in [-0.05, 0) is 48.9 Å². The maximum absolute atomic E-state index is 11.1. The third kappa shape index (κ3) is 3.70. The first kappa shape index (κ1) is 13.9. The van der Waals surface area contributed by atoms with E-state index in [9.17, 15) is 4.79 Å². The summed E-state index contributed by atoms with van der Waals surface area (Å²) in [5, 5.41) is 2.60. The minimum Gasteiger partial charge on any atom is -0.494 e. The molecule has 19 heavy (non-hydrogen) atoms. The molecule has 4 nitrogen and oxygen atoms in total. The number of aryl methyl sites for hydroxylation is 1. The lowest BCUT2D eigenvalue weighted by Gasteiger charge is -2.22. The molecule has 1 atom stereocenters. The van der Waals surface area contributed by atoms with Crippen LogP contribution in [0.4, 0.5) is 0 Å². The van der Waals surface area contributed by atoms with Gasteiger partial charge < -0.3 is 15.8 Å². The van der Waals surface area contributed by atoms with Crippen LogP contribution in [-0.2, 0) is 11.2 Å². The number of hydrogen-bond acceptors (Lipinski definition) is 3. The van der Waals surface area contributed by atoms with Gasteiger partial charge in [0.1, 0.15) is 5.75 Å². The zero-order valence-corrected chi connectivity index (χ0v) is 11.4. The number of amides is 1. The lowest BCUT2D eigenvalue weighted by molar-refractivity contribution is -0.120. The monoisotopic (exact) mass is 262 g/mol. The molecule has 0 bridgehead atoms. The van der Waals surface area contributed by atoms with E-state index in [2.05, 4.69) is 17.4 Å². The van der Waals surface area contributed by atoms with Gasteiger partial charge in [-0.1, -0.05) is 6.07 Å². The first-order chi connectivity index (χ1) is 9.20. The minimum absolute atomic E-state index is 0.0519. The summed E-state index contributed by atoms with van der Waals surface area (Å²) in [7, 11) is 1.65. The Hall–Kier alpha value is -1.55. The van der Waals surface area contributed by atoms with Crippen LogP contribution in [0, 0.1) is 0 Å². The van der Waals surface area contributed by atoms with Gasteiger partial charge in [0, 0.05) is 19.5 Å². The summed E-state index contributed by atoms with van der Waals surface area (Å²) >= 11 is 0. The third-order valence-corrected chi connectivity index (χ3v) is 3.57. The van der Waals surface area contributed by atoms with Crippen LogP contribution in [0.15, 0.2) is 18.2 Å². The summed E-state index contributed by atoms with van der Waals surface area (Å²) in [4.78, 5) is 11.1. The van der Waals surface area contributed by atoms with E-state index in [0.717, 1.165) is 25.0 Å². The summed E-state index contributed by atoms with van der Waals surface area (Å²) < 4.78 is 5.68. The van der Waals surface area contributed by atoms with E-state index in [1.54, 1.807) is 7.05 Å². The maximum atomic E-state index is 11.1. The summed E-state index contributed by atoms with van der Waals surface area (Å²) in [6, 6.07) is 6.30. The molecule has 1 aromatic rings. The number of carbonyl (C=O) groups is 1. The van der Waals surface area contributed by atoms with E-state index in [1.165, 1.54) is 17.5 Å². The highest BCUT2D eigenvalue weighted by Crippen LogP contribution is 2.30. The standard InChI is InChI=1S/C15H22N2O2/c1-17-15(18)6-3-9-19-12-8-7-11-4-2-5-14(16)13(11)10-12/h7-8,10,14H,2-6,9,16H2,1H3,(H,17,18). The third-order valence-electron chi connectivity index (χ3n) is 3.57. The highest BCUT2D eigenvalue weighted by Gasteiger charge is 2.17. The zero-order chi connectivity index (χ0) is 13.7. The molecule has 0 aliphatic heterocycles. The minimum atomic E-state index is 0.0519. The topological polar surface area (TPSA) is 64.3 Å². The molecule has 4 heteroatoms. The summed E-state index contributed by atoms with van der Waals surface area (Å²) in [5.74, 6) is 0.907. The maximum Gasteiger partial charge on any atom is 0.219 e. The Bertz CT molecular complexity index is 446. The highest BCUT2D eigenvalue weighted by atomic mass is 16.5. The summed E-state index contributed by atoms with van der Waals surface area (Å²) in [5.41, 5.74) is 8.68. The molecule has 0 heterocycles. The Morgan fingerprint density at radius 1 is 1.53 bits per heavy atom. The van der Waals surface area contributed by atoms with Crippen molar-refractivity contribution in [1.82, 2.24) is 5.32 Å². The van der Waals surface area contributed by atoms with Crippen LogP contribution < -0.4 is 15.8 Å². The average Bonchev–Trinajstić information content (AvgIpc) is 2.44. The van der Waals surface area contributed by atoms with Crippen LogP contribution in [0.1, 0.15) is 42.9 Å². The van der Waals surface area contributed by atoms with Gasteiger partial charge in [0.05, 0.1) is 6.61 Å². The molecule has 3 N–H and O–H groups in total. The van der Waals surface area contributed by atoms with Gasteiger partial charge in [0.15, 0.2) is 0 Å². The Morgan fingerprint density at radius 2 is 2.37 bits per heavy atom. The molecule has 0 radical (unpaired) electrons. The van der Waals surface area contributed by atoms with Crippen molar-refractivity contribution in [2.45, 2.75) is 38.1 Å². The second-order valence-electron chi connectivity index (χ2n) is 4.98. The van der Waals surface area contributed by atoms with Crippen molar-refractivity contribution in [1.29, 1.82) is 0 Å². The van der Waals surface area contributed by atoms with Crippen LogP contribution in [0.3, 0.4) is 0 Å². The summed E-state index contributed by atoms with van der Waals surface area (Å²) in [6.07, 6.45) is 4.55. The predicted octanol–water partition coefficient (Wildman–Crippen LogP) is 1.93. The molecule has 104 valence electrons. The predicted molar refractivity (Wildman–Crippen MR) is 75.1 cm³/mol. The second kappa shape index (κ2) is 6.57. The van der Waals surface area contributed by atoms with Crippen LogP contribution in [0.5, 0.6) is 5.75 Å². The molecule has 1 unspecified atom stereocenters. The quantitative estimate of drug-likeness (QED) is 0.797. The fourth-order valence-electron chi connectivity index (χ4n) is 2.45. The molecule has 1 aromatic carbocycles. The Morgan fingerprint density at radius 3 is 3.16 bits per heavy atom. The molecule has 1 amide bonds. The number of rotatable bonds is 5. The van der Waals surface area contributed by atoms with Crippen molar-refractivity contribution in [2.24, 2.45) is 5.73 Å². The van der Waals surface area contributed by atoms with Crippen LogP contribution in [0.25, 0.3) is 0 Å². The Kier molecular flexibility index (Phi) is 4.80. The molecule has 0 fully saturated rings. The van der Waals surface area contributed by atoms with E-state index in [4.69, 9.17) is 10.5 Å². The number of nitrogens with two attached hydrogens (primary N) is 1. The van der Waals surface area contributed by atoms with Gasteiger partial charge in [-0.2, -0.15) is 0 Å². The number of carbonyl (C=O) groups excluding carboxylic acids is 1. The van der Waals surface area contributed by atoms with Gasteiger partial charge in [-0.15, -0.1) is 0 Å². The molecule has 2 rings (SSSR count). The molecule has 0 spiro atoms. The molecule has 0 saturated heterocycles. The first-order valence-corrected chi connectivity index (χ1v) is 6.92. The number of ether oxygens (including phenoxy) is 1. The Labute approximate surface area is 114 Å². The fraction of sp³-hybridized carbons (Fsp3) is 0.533. The number of fused-ring (bicyclic) bond motifs is 1. The first-order valence-electron chi connectivity index (χ1n) is 6.92. The van der Waals surface area contributed by atoms with Crippen molar-refractivity contribution in [2.75, 3.05) is 13.7 Å². The van der Waals surface area contributed by atoms with E-state index in [1.807, 2.05) is 6.07 Å². The lowest BCUT2D eigenvalue weighted by Crippen LogP contribution is -2.18. The van der Waals surface area contributed by atoms with Gasteiger partial charge in [-0.3, -0.25) is 4.79 Å². The molecular weight excluding hydrogens is 240 g/mol. The van der Waals surface area contributed by atoms with Gasteiger partial charge in [0.25, 0.3) is 0 Å². The highest BCUT2D eigenvalue weighted by molar-refractivity contribution is 5.75. The van der Waals surface area contributed by atoms with Crippen LogP contribution in [0.2, 0.25) is 0 Å². The fourth-order valence-corrected chi connectivity index (χ4v) is 2.45. The van der Waals surface area contributed by atoms with Crippen molar-refractivity contribution in [3.8, 4) is 5.75 Å². The van der Waals surface area contributed by atoms with E-state index in [0.29, 0.717) is 13.0 Å². The lowest BCUT2D eigenvalue weighted by atomic mass is 9.88. The molecule has 1 aliphatic carbocycles. The largest absolute Gasteiger partial charge is 0.494 e. The van der Waals surface area contributed by atoms with Crippen molar-refractivity contribution in [3.05, 3.63) is 29.3 Å². The average molecular weight is 262 g/mol. The van der Waals surface area contributed by atoms with Gasteiger partial charge in [0.2, 0.25) is 5.91 Å². The zero-order valence-electron chi connectivity index (χ0n) is 11.4. The molecule has 0 saturated carbocycles. The van der Waals surface area contributed by atoms with Gasteiger partial charge >= 0.3 is 0 Å². The Balaban J connectivity index is 1.88. The van der Waals surface area contributed by atoms with Crippen molar-refractivity contribution in [3.63, 3.8) is 0 Å². The van der Waals surface area contributed by atoms with Crippen molar-refractivity contribution >= 4 is 5.91 Å². The second-order valence-corrected chi connectivity index (χ2v) is 4.98. The number of hydrogen-bond donors (Lipinski definition) is 2. The van der Waals surface area contributed by atoms with Crippen LogP contribution in [-0.4, -0.2) is 19.6 Å². The van der Waals surface area contributed by atoms with Crippen LogP contribution >= 0.6 is 0 Å². The molecular formula is C15H22N2O2. The normalized spacial score (nSPS) is 17.7. The number of benzene rings is 1. The van der Waals surface area contributed by atoms with E-state index >= 15 is 0 Å².